The van der Waals surface area contributed by atoms with E-state index in [1.165, 1.54) is 0 Å². The predicted octanol–water partition coefficient (Wildman–Crippen LogP) is 1.40. The summed E-state index contributed by atoms with van der Waals surface area (Å²) in [5, 5.41) is 6.76. The predicted molar refractivity (Wildman–Crippen MR) is 58.8 cm³/mol. The first-order valence-electron chi connectivity index (χ1n) is 5.13. The molecule has 0 spiro atoms. The van der Waals surface area contributed by atoms with Gasteiger partial charge in [0.05, 0.1) is 6.04 Å². The number of ether oxygens (including phenoxy) is 1. The van der Waals surface area contributed by atoms with Gasteiger partial charge in [0, 0.05) is 7.05 Å². The summed E-state index contributed by atoms with van der Waals surface area (Å²) in [4.78, 5) is 15.5. The van der Waals surface area contributed by atoms with Gasteiger partial charge >= 0.3 is 6.09 Å². The lowest BCUT2D eigenvalue weighted by molar-refractivity contribution is 0.0506. The molecular weight excluding hydrogens is 208 g/mol. The Hall–Kier alpha value is -1.59. The van der Waals surface area contributed by atoms with Crippen LogP contribution in [0.3, 0.4) is 0 Å². The van der Waals surface area contributed by atoms with Crippen LogP contribution in [0.5, 0.6) is 0 Å². The van der Waals surface area contributed by atoms with Gasteiger partial charge in [-0.25, -0.2) is 9.78 Å². The number of carbonyl (C=O) groups excluding carboxylic acids is 1. The number of nitrogens with zero attached hydrogens (tertiary/aromatic N) is 3. The largest absolute Gasteiger partial charge is 0.444 e. The highest BCUT2D eigenvalue weighted by atomic mass is 16.6. The zero-order valence-corrected chi connectivity index (χ0v) is 10.3. The van der Waals surface area contributed by atoms with E-state index in [9.17, 15) is 4.79 Å². The summed E-state index contributed by atoms with van der Waals surface area (Å²) in [6.45, 7) is 7.25. The first-order valence-corrected chi connectivity index (χ1v) is 5.13. The van der Waals surface area contributed by atoms with Crippen LogP contribution in [0.15, 0.2) is 6.33 Å². The van der Waals surface area contributed by atoms with Crippen molar-refractivity contribution in [2.75, 3.05) is 0 Å². The molecule has 1 atom stereocenters. The van der Waals surface area contributed by atoms with Gasteiger partial charge in [0.15, 0.2) is 5.82 Å². The summed E-state index contributed by atoms with van der Waals surface area (Å²) in [7, 11) is 1.77. The number of rotatable bonds is 2. The number of aromatic nitrogens is 3. The van der Waals surface area contributed by atoms with Crippen molar-refractivity contribution in [1.82, 2.24) is 20.1 Å². The van der Waals surface area contributed by atoms with Crippen molar-refractivity contribution in [3.63, 3.8) is 0 Å². The minimum Gasteiger partial charge on any atom is -0.444 e. The Morgan fingerprint density at radius 1 is 1.56 bits per heavy atom. The molecular formula is C10H18N4O2. The molecule has 0 aliphatic heterocycles. The molecule has 0 aliphatic carbocycles. The number of alkyl carbamates (subject to hydrolysis) is 1. The van der Waals surface area contributed by atoms with Crippen molar-refractivity contribution >= 4 is 6.09 Å². The van der Waals surface area contributed by atoms with Crippen molar-refractivity contribution in [3.05, 3.63) is 12.2 Å². The Labute approximate surface area is 95.0 Å². The number of amides is 1. The summed E-state index contributed by atoms with van der Waals surface area (Å²) in [5.74, 6) is 0.563. The van der Waals surface area contributed by atoms with Crippen LogP contribution < -0.4 is 5.32 Å². The maximum Gasteiger partial charge on any atom is 0.408 e. The molecule has 1 unspecified atom stereocenters. The SMILES string of the molecule is CC(NC(=O)OC(C)(C)C)c1ncn(C)n1. The van der Waals surface area contributed by atoms with Crippen LogP contribution in [0, 0.1) is 0 Å². The van der Waals surface area contributed by atoms with Crippen LogP contribution in [0.2, 0.25) is 0 Å². The molecule has 1 aromatic rings. The molecule has 0 aliphatic rings. The average Bonchev–Trinajstić information content (AvgIpc) is 2.47. The molecule has 1 heterocycles. The fourth-order valence-corrected chi connectivity index (χ4v) is 1.10. The second-order valence-corrected chi connectivity index (χ2v) is 4.64. The van der Waals surface area contributed by atoms with Gasteiger partial charge in [-0.05, 0) is 27.7 Å². The number of nitrogens with one attached hydrogen (secondary N) is 1. The number of carbonyl (C=O) groups is 1. The standard InChI is InChI=1S/C10H18N4O2/c1-7(8-11-6-14(5)13-8)12-9(15)16-10(2,3)4/h6-7H,1-5H3,(H,12,15). The summed E-state index contributed by atoms with van der Waals surface area (Å²) in [5.41, 5.74) is -0.499. The van der Waals surface area contributed by atoms with E-state index in [0.29, 0.717) is 5.82 Å². The molecule has 1 amide bonds. The third-order valence-electron chi connectivity index (χ3n) is 1.74. The minimum absolute atomic E-state index is 0.268. The first-order chi connectivity index (χ1) is 7.28. The molecule has 90 valence electrons. The Balaban J connectivity index is 2.52. The van der Waals surface area contributed by atoms with Crippen LogP contribution in [0.1, 0.15) is 39.6 Å². The van der Waals surface area contributed by atoms with Gasteiger partial charge in [-0.2, -0.15) is 5.10 Å². The van der Waals surface area contributed by atoms with E-state index in [0.717, 1.165) is 0 Å². The van der Waals surface area contributed by atoms with Gasteiger partial charge in [-0.1, -0.05) is 0 Å². The van der Waals surface area contributed by atoms with Crippen molar-refractivity contribution in [3.8, 4) is 0 Å². The molecule has 6 heteroatoms. The summed E-state index contributed by atoms with van der Waals surface area (Å²) in [6, 6.07) is -0.268. The Bertz CT molecular complexity index is 367. The molecule has 1 aromatic heterocycles. The summed E-state index contributed by atoms with van der Waals surface area (Å²) >= 11 is 0. The highest BCUT2D eigenvalue weighted by Gasteiger charge is 2.19. The van der Waals surface area contributed by atoms with E-state index >= 15 is 0 Å². The van der Waals surface area contributed by atoms with Gasteiger partial charge < -0.3 is 10.1 Å². The minimum atomic E-state index is -0.499. The Morgan fingerprint density at radius 2 is 2.19 bits per heavy atom. The van der Waals surface area contributed by atoms with Crippen molar-refractivity contribution in [2.24, 2.45) is 7.05 Å². The molecule has 0 saturated carbocycles. The Morgan fingerprint density at radius 3 is 2.62 bits per heavy atom. The maximum atomic E-state index is 11.5. The second kappa shape index (κ2) is 4.51. The zero-order chi connectivity index (χ0) is 12.3. The van der Waals surface area contributed by atoms with Gasteiger partial charge in [-0.3, -0.25) is 4.68 Å². The van der Waals surface area contributed by atoms with Crippen molar-refractivity contribution < 1.29 is 9.53 Å². The summed E-state index contributed by atoms with van der Waals surface area (Å²) < 4.78 is 6.71. The fraction of sp³-hybridized carbons (Fsp3) is 0.700. The maximum absolute atomic E-state index is 11.5. The average molecular weight is 226 g/mol. The lowest BCUT2D eigenvalue weighted by Crippen LogP contribution is -2.34. The number of hydrogen-bond donors (Lipinski definition) is 1. The van der Waals surface area contributed by atoms with Crippen molar-refractivity contribution in [1.29, 1.82) is 0 Å². The van der Waals surface area contributed by atoms with E-state index in [2.05, 4.69) is 15.4 Å². The first kappa shape index (κ1) is 12.5. The third kappa shape index (κ3) is 3.88. The van der Waals surface area contributed by atoms with Crippen LogP contribution >= 0.6 is 0 Å². The van der Waals surface area contributed by atoms with Crippen LogP contribution in [-0.4, -0.2) is 26.5 Å². The lowest BCUT2D eigenvalue weighted by atomic mass is 10.2. The molecule has 0 aromatic carbocycles. The quantitative estimate of drug-likeness (QED) is 0.827. The normalized spacial score (nSPS) is 13.3. The molecule has 6 nitrogen and oxygen atoms in total. The number of aryl methyl sites for hydroxylation is 1. The molecule has 0 bridgehead atoms. The van der Waals surface area contributed by atoms with E-state index in [1.807, 2.05) is 20.8 Å². The number of hydrogen-bond acceptors (Lipinski definition) is 4. The molecule has 1 N–H and O–H groups in total. The van der Waals surface area contributed by atoms with Crippen molar-refractivity contribution in [2.45, 2.75) is 39.3 Å². The fourth-order valence-electron chi connectivity index (χ4n) is 1.10. The van der Waals surface area contributed by atoms with Gasteiger partial charge in [0.25, 0.3) is 0 Å². The Kier molecular flexibility index (Phi) is 3.51. The molecule has 16 heavy (non-hydrogen) atoms. The van der Waals surface area contributed by atoms with Gasteiger partial charge in [-0.15, -0.1) is 0 Å². The summed E-state index contributed by atoms with van der Waals surface area (Å²) in [6.07, 6.45) is 1.12. The topological polar surface area (TPSA) is 69.0 Å². The van der Waals surface area contributed by atoms with Crippen LogP contribution in [-0.2, 0) is 11.8 Å². The zero-order valence-electron chi connectivity index (χ0n) is 10.3. The third-order valence-corrected chi connectivity index (χ3v) is 1.74. The molecule has 0 radical (unpaired) electrons. The molecule has 0 fully saturated rings. The lowest BCUT2D eigenvalue weighted by Gasteiger charge is -2.21. The molecule has 1 rings (SSSR count). The van der Waals surface area contributed by atoms with E-state index in [4.69, 9.17) is 4.74 Å². The highest BCUT2D eigenvalue weighted by Crippen LogP contribution is 2.10. The second-order valence-electron chi connectivity index (χ2n) is 4.64. The van der Waals surface area contributed by atoms with E-state index in [1.54, 1.807) is 25.0 Å². The van der Waals surface area contributed by atoms with Gasteiger partial charge in [0.1, 0.15) is 11.9 Å². The highest BCUT2D eigenvalue weighted by molar-refractivity contribution is 5.68. The van der Waals surface area contributed by atoms with Crippen LogP contribution in [0.25, 0.3) is 0 Å². The molecule has 0 saturated heterocycles. The smallest absolute Gasteiger partial charge is 0.408 e. The van der Waals surface area contributed by atoms with Crippen LogP contribution in [0.4, 0.5) is 4.79 Å². The monoisotopic (exact) mass is 226 g/mol. The van der Waals surface area contributed by atoms with E-state index < -0.39 is 11.7 Å². The van der Waals surface area contributed by atoms with Gasteiger partial charge in [0.2, 0.25) is 0 Å². The van der Waals surface area contributed by atoms with E-state index in [-0.39, 0.29) is 6.04 Å².